The highest BCUT2D eigenvalue weighted by atomic mass is 127. The van der Waals surface area contributed by atoms with Crippen molar-refractivity contribution in [3.8, 4) is 0 Å². The Kier molecular flexibility index (Phi) is 3.56. The van der Waals surface area contributed by atoms with Crippen molar-refractivity contribution in [1.29, 1.82) is 0 Å². The van der Waals surface area contributed by atoms with Gasteiger partial charge in [-0.05, 0) is 25.3 Å². The number of carbonyl (C=O) groups is 1. The van der Waals surface area contributed by atoms with E-state index in [1.54, 1.807) is 11.0 Å². The lowest BCUT2D eigenvalue weighted by molar-refractivity contribution is 0.00360. The van der Waals surface area contributed by atoms with E-state index in [4.69, 9.17) is 4.74 Å². The Morgan fingerprint density at radius 2 is 2.50 bits per heavy atom. The minimum Gasteiger partial charge on any atom is -0.437 e. The van der Waals surface area contributed by atoms with Crippen LogP contribution in [0.1, 0.15) is 25.7 Å². The number of hydrogen-bond donors (Lipinski definition) is 0. The summed E-state index contributed by atoms with van der Waals surface area (Å²) in [6.45, 7) is 4.13. The lowest BCUT2D eigenvalue weighted by atomic mass is 9.84. The molecule has 4 heteroatoms. The normalized spacial score (nSPS) is 33.9. The number of hydrogen-bond acceptors (Lipinski definition) is 2. The molecular weight excluding hydrogens is 317 g/mol. The number of carbonyl (C=O) groups excluding carboxylic acids is 1. The first-order chi connectivity index (χ1) is 7.68. The van der Waals surface area contributed by atoms with Crippen molar-refractivity contribution in [3.63, 3.8) is 0 Å². The van der Waals surface area contributed by atoms with E-state index >= 15 is 0 Å². The van der Waals surface area contributed by atoms with Gasteiger partial charge in [0.25, 0.3) is 0 Å². The minimum atomic E-state index is -0.354. The van der Waals surface area contributed by atoms with Crippen LogP contribution in [0.15, 0.2) is 24.9 Å². The maximum absolute atomic E-state index is 11.8. The van der Waals surface area contributed by atoms with Gasteiger partial charge in [-0.3, -0.25) is 4.90 Å². The van der Waals surface area contributed by atoms with E-state index in [9.17, 15) is 4.79 Å². The molecule has 1 saturated carbocycles. The zero-order valence-electron chi connectivity index (χ0n) is 9.19. The summed E-state index contributed by atoms with van der Waals surface area (Å²) < 4.78 is 6.03. The molecule has 0 saturated heterocycles. The molecule has 0 N–H and O–H groups in total. The number of nitrogens with zero attached hydrogens (tertiary/aromatic N) is 1. The third-order valence-electron chi connectivity index (χ3n) is 3.18. The standard InChI is InChI=1S/C12H16INO2/c1-2-8-14-9-7-12(16-11(14)15)6-4-3-5-10(12)13/h2,7,9-10H,1,3-6,8H2/t10-,12+/m0/s1. The van der Waals surface area contributed by atoms with Crippen LogP contribution in [0.5, 0.6) is 0 Å². The van der Waals surface area contributed by atoms with Crippen LogP contribution in [-0.4, -0.2) is 27.1 Å². The lowest BCUT2D eigenvalue weighted by Crippen LogP contribution is -2.49. The van der Waals surface area contributed by atoms with Crippen molar-refractivity contribution >= 4 is 28.7 Å². The van der Waals surface area contributed by atoms with Crippen LogP contribution in [0, 0.1) is 0 Å². The highest BCUT2D eigenvalue weighted by Gasteiger charge is 2.43. The molecule has 0 aromatic carbocycles. The van der Waals surface area contributed by atoms with Gasteiger partial charge in [-0.1, -0.05) is 35.1 Å². The second kappa shape index (κ2) is 4.77. The Balaban J connectivity index is 2.17. The Hall–Kier alpha value is -0.520. The molecule has 1 heterocycles. The largest absolute Gasteiger partial charge is 0.437 e. The Bertz CT molecular complexity index is 329. The van der Waals surface area contributed by atoms with Gasteiger partial charge < -0.3 is 4.74 Å². The summed E-state index contributed by atoms with van der Waals surface area (Å²) in [5, 5.41) is 0. The van der Waals surface area contributed by atoms with E-state index in [2.05, 4.69) is 29.2 Å². The summed E-state index contributed by atoms with van der Waals surface area (Å²) in [5.74, 6) is 0. The van der Waals surface area contributed by atoms with Crippen molar-refractivity contribution in [1.82, 2.24) is 4.90 Å². The highest BCUT2D eigenvalue weighted by Crippen LogP contribution is 2.40. The molecule has 0 unspecified atom stereocenters. The Morgan fingerprint density at radius 1 is 1.69 bits per heavy atom. The molecule has 0 bridgehead atoms. The fraction of sp³-hybridized carbons (Fsp3) is 0.583. The van der Waals surface area contributed by atoms with E-state index in [-0.39, 0.29) is 11.7 Å². The quantitative estimate of drug-likeness (QED) is 0.441. The molecule has 1 fully saturated rings. The van der Waals surface area contributed by atoms with E-state index in [1.165, 1.54) is 6.42 Å². The predicted molar refractivity (Wildman–Crippen MR) is 71.5 cm³/mol. The molecule has 88 valence electrons. The van der Waals surface area contributed by atoms with E-state index in [0.29, 0.717) is 10.5 Å². The van der Waals surface area contributed by atoms with Crippen molar-refractivity contribution < 1.29 is 9.53 Å². The summed E-state index contributed by atoms with van der Waals surface area (Å²) >= 11 is 2.40. The molecule has 1 aliphatic heterocycles. The maximum atomic E-state index is 11.8. The van der Waals surface area contributed by atoms with Crippen LogP contribution < -0.4 is 0 Å². The van der Waals surface area contributed by atoms with Gasteiger partial charge in [0, 0.05) is 12.7 Å². The summed E-state index contributed by atoms with van der Waals surface area (Å²) in [7, 11) is 0. The molecular formula is C12H16INO2. The van der Waals surface area contributed by atoms with Gasteiger partial charge in [-0.25, -0.2) is 4.79 Å². The zero-order chi connectivity index (χ0) is 11.6. The maximum Gasteiger partial charge on any atom is 0.415 e. The van der Waals surface area contributed by atoms with Crippen molar-refractivity contribution in [3.05, 3.63) is 24.9 Å². The fourth-order valence-electron chi connectivity index (χ4n) is 2.24. The molecule has 2 atom stereocenters. The number of alkyl halides is 1. The van der Waals surface area contributed by atoms with Crippen molar-refractivity contribution in [2.75, 3.05) is 6.54 Å². The molecule has 1 amide bonds. The van der Waals surface area contributed by atoms with Gasteiger partial charge in [0.1, 0.15) is 5.60 Å². The summed E-state index contributed by atoms with van der Waals surface area (Å²) in [5.41, 5.74) is -0.354. The van der Waals surface area contributed by atoms with E-state index in [1.807, 2.05) is 12.3 Å². The number of ether oxygens (including phenoxy) is 1. The van der Waals surface area contributed by atoms with Crippen LogP contribution in [-0.2, 0) is 4.74 Å². The van der Waals surface area contributed by atoms with Crippen LogP contribution in [0.4, 0.5) is 4.79 Å². The first-order valence-corrected chi connectivity index (χ1v) is 6.86. The number of rotatable bonds is 2. The second-order valence-corrected chi connectivity index (χ2v) is 5.80. The average Bonchev–Trinajstić information content (AvgIpc) is 2.27. The van der Waals surface area contributed by atoms with E-state index < -0.39 is 0 Å². The SMILES string of the molecule is C=CCN1C=C[C@@]2(CCCC[C@@H]2I)OC1=O. The van der Waals surface area contributed by atoms with Crippen molar-refractivity contribution in [2.24, 2.45) is 0 Å². The molecule has 0 aromatic heterocycles. The van der Waals surface area contributed by atoms with Gasteiger partial charge in [-0.15, -0.1) is 6.58 Å². The fourth-order valence-corrected chi connectivity index (χ4v) is 3.32. The summed E-state index contributed by atoms with van der Waals surface area (Å²) in [4.78, 5) is 13.4. The smallest absolute Gasteiger partial charge is 0.415 e. The van der Waals surface area contributed by atoms with Gasteiger partial charge in [0.05, 0.1) is 3.92 Å². The first kappa shape index (κ1) is 12.0. The number of halogens is 1. The monoisotopic (exact) mass is 333 g/mol. The lowest BCUT2D eigenvalue weighted by Gasteiger charge is -2.42. The third-order valence-corrected chi connectivity index (χ3v) is 4.86. The number of amides is 1. The zero-order valence-corrected chi connectivity index (χ0v) is 11.4. The molecule has 16 heavy (non-hydrogen) atoms. The first-order valence-electron chi connectivity index (χ1n) is 5.62. The minimum absolute atomic E-state index is 0.244. The van der Waals surface area contributed by atoms with Gasteiger partial charge >= 0.3 is 6.09 Å². The van der Waals surface area contributed by atoms with Gasteiger partial charge in [0.15, 0.2) is 0 Å². The molecule has 1 aliphatic carbocycles. The highest BCUT2D eigenvalue weighted by molar-refractivity contribution is 14.1. The predicted octanol–water partition coefficient (Wildman–Crippen LogP) is 3.25. The Labute approximate surface area is 110 Å². The van der Waals surface area contributed by atoms with E-state index in [0.717, 1.165) is 19.3 Å². The molecule has 3 nitrogen and oxygen atoms in total. The van der Waals surface area contributed by atoms with Crippen LogP contribution >= 0.6 is 22.6 Å². The summed E-state index contributed by atoms with van der Waals surface area (Å²) in [6, 6.07) is 0. The molecule has 2 rings (SSSR count). The molecule has 0 aromatic rings. The topological polar surface area (TPSA) is 29.5 Å². The average molecular weight is 333 g/mol. The second-order valence-electron chi connectivity index (χ2n) is 4.29. The van der Waals surface area contributed by atoms with Crippen molar-refractivity contribution in [2.45, 2.75) is 35.2 Å². The van der Waals surface area contributed by atoms with Gasteiger partial charge in [0.2, 0.25) is 0 Å². The van der Waals surface area contributed by atoms with Crippen LogP contribution in [0.25, 0.3) is 0 Å². The summed E-state index contributed by atoms with van der Waals surface area (Å²) in [6.07, 6.45) is 9.80. The third kappa shape index (κ3) is 2.12. The molecule has 1 spiro atoms. The molecule has 2 aliphatic rings. The van der Waals surface area contributed by atoms with Crippen LogP contribution in [0.3, 0.4) is 0 Å². The van der Waals surface area contributed by atoms with Crippen LogP contribution in [0.2, 0.25) is 0 Å². The Morgan fingerprint density at radius 3 is 3.12 bits per heavy atom. The van der Waals surface area contributed by atoms with Gasteiger partial charge in [-0.2, -0.15) is 0 Å². The molecule has 0 radical (unpaired) electrons.